The van der Waals surface area contributed by atoms with Crippen molar-refractivity contribution in [3.63, 3.8) is 0 Å². The second-order valence-corrected chi connectivity index (χ2v) is 9.36. The van der Waals surface area contributed by atoms with Crippen molar-refractivity contribution in [2.24, 2.45) is 28.6 Å². The minimum atomic E-state index is -2.96. The Morgan fingerprint density at radius 1 is 1.21 bits per heavy atom. The molecule has 0 aromatic carbocycles. The molecule has 0 aromatic heterocycles. The van der Waals surface area contributed by atoms with Crippen LogP contribution in [0.15, 0.2) is 11.6 Å². The van der Waals surface area contributed by atoms with E-state index < -0.39 is 23.9 Å². The van der Waals surface area contributed by atoms with Gasteiger partial charge in [0.15, 0.2) is 0 Å². The summed E-state index contributed by atoms with van der Waals surface area (Å²) in [6.45, 7) is 1.26. The number of aliphatic hydroxyl groups excluding tert-OH is 1. The van der Waals surface area contributed by atoms with E-state index >= 15 is 0 Å². The molecule has 0 heterocycles. The molecule has 3 N–H and O–H groups in total. The number of fused-ring (bicyclic) bond motifs is 5. The van der Waals surface area contributed by atoms with Crippen molar-refractivity contribution in [3.8, 4) is 0 Å². The number of hydrogen-bond donors (Lipinski definition) is 3. The molecule has 0 bridgehead atoms. The molecule has 3 saturated carbocycles. The molecular weight excluding hydrogens is 300 g/mol. The lowest BCUT2D eigenvalue weighted by atomic mass is 9.46. The van der Waals surface area contributed by atoms with Crippen LogP contribution in [-0.2, 0) is 0 Å². The smallest absolute Gasteiger partial charge is 0.0958 e. The SMILES string of the molecule is [2H]C([2H])([2H])[C@]([2H])(O)[C@@]1(O)CC[C@H]2[C@@H]3CC=C4C[C@@H](O)CC[C@]4(C)[C@H]3CC[C@@]21C. The topological polar surface area (TPSA) is 60.7 Å². The summed E-state index contributed by atoms with van der Waals surface area (Å²) >= 11 is 0. The van der Waals surface area contributed by atoms with Gasteiger partial charge in [-0.25, -0.2) is 0 Å². The molecule has 4 aliphatic carbocycles. The Morgan fingerprint density at radius 3 is 2.71 bits per heavy atom. The van der Waals surface area contributed by atoms with E-state index in [0.717, 1.165) is 32.1 Å². The third kappa shape index (κ3) is 2.01. The van der Waals surface area contributed by atoms with Gasteiger partial charge in [0.25, 0.3) is 0 Å². The lowest BCUT2D eigenvalue weighted by Crippen LogP contribution is -2.58. The van der Waals surface area contributed by atoms with E-state index in [-0.39, 0.29) is 23.9 Å². The van der Waals surface area contributed by atoms with Crippen molar-refractivity contribution < 1.29 is 20.8 Å². The van der Waals surface area contributed by atoms with Crippen LogP contribution in [-0.4, -0.2) is 33.1 Å². The number of hydrogen-bond acceptors (Lipinski definition) is 3. The Hall–Kier alpha value is -0.380. The zero-order valence-electron chi connectivity index (χ0n) is 18.9. The molecule has 24 heavy (non-hydrogen) atoms. The van der Waals surface area contributed by atoms with Gasteiger partial charge in [0.05, 0.1) is 19.2 Å². The first-order valence-electron chi connectivity index (χ1n) is 11.6. The van der Waals surface area contributed by atoms with Crippen LogP contribution in [0.1, 0.15) is 77.5 Å². The summed E-state index contributed by atoms with van der Waals surface area (Å²) in [6.07, 6.45) is 4.85. The first-order chi connectivity index (χ1) is 12.8. The fourth-order valence-electron chi connectivity index (χ4n) is 7.05. The van der Waals surface area contributed by atoms with E-state index in [2.05, 4.69) is 13.0 Å². The maximum Gasteiger partial charge on any atom is 0.0958 e. The highest BCUT2D eigenvalue weighted by molar-refractivity contribution is 5.26. The molecule has 0 aliphatic heterocycles. The van der Waals surface area contributed by atoms with Crippen molar-refractivity contribution in [1.29, 1.82) is 0 Å². The van der Waals surface area contributed by atoms with Crippen LogP contribution in [0.5, 0.6) is 0 Å². The Morgan fingerprint density at radius 2 is 1.96 bits per heavy atom. The molecule has 136 valence electrons. The van der Waals surface area contributed by atoms with E-state index in [4.69, 9.17) is 5.48 Å². The number of aliphatic hydroxyl groups is 3. The Bertz CT molecular complexity index is 690. The van der Waals surface area contributed by atoms with Crippen LogP contribution in [0.4, 0.5) is 0 Å². The summed E-state index contributed by atoms with van der Waals surface area (Å²) in [5.41, 5.74) is -1.29. The molecule has 0 saturated heterocycles. The summed E-state index contributed by atoms with van der Waals surface area (Å²) in [5.74, 6) is 0.869. The second-order valence-electron chi connectivity index (χ2n) is 9.36. The van der Waals surface area contributed by atoms with Gasteiger partial charge in [-0.2, -0.15) is 0 Å². The fourth-order valence-corrected chi connectivity index (χ4v) is 7.05. The molecule has 3 heteroatoms. The lowest BCUT2D eigenvalue weighted by molar-refractivity contribution is -0.170. The molecule has 0 aromatic rings. The maximum atomic E-state index is 11.5. The molecule has 8 atom stereocenters. The Labute approximate surface area is 151 Å². The predicted molar refractivity (Wildman–Crippen MR) is 94.3 cm³/mol. The van der Waals surface area contributed by atoms with E-state index in [0.29, 0.717) is 24.7 Å². The average Bonchev–Trinajstić information content (AvgIpc) is 2.87. The van der Waals surface area contributed by atoms with Crippen LogP contribution in [0.3, 0.4) is 0 Å². The first-order valence-corrected chi connectivity index (χ1v) is 9.60. The molecule has 0 spiro atoms. The number of rotatable bonds is 1. The summed E-state index contributed by atoms with van der Waals surface area (Å²) in [7, 11) is 0. The monoisotopic (exact) mass is 338 g/mol. The van der Waals surface area contributed by atoms with Gasteiger partial charge < -0.3 is 15.3 Å². The average molecular weight is 339 g/mol. The largest absolute Gasteiger partial charge is 0.393 e. The normalized spacial score (nSPS) is 59.5. The van der Waals surface area contributed by atoms with E-state index in [9.17, 15) is 15.3 Å². The van der Waals surface area contributed by atoms with Crippen molar-refractivity contribution in [1.82, 2.24) is 0 Å². The lowest BCUT2D eigenvalue weighted by Gasteiger charge is -2.59. The van der Waals surface area contributed by atoms with Crippen LogP contribution in [0.25, 0.3) is 0 Å². The van der Waals surface area contributed by atoms with Gasteiger partial charge in [-0.3, -0.25) is 0 Å². The quantitative estimate of drug-likeness (QED) is 0.642. The fraction of sp³-hybridized carbons (Fsp3) is 0.905. The van der Waals surface area contributed by atoms with E-state index in [1.165, 1.54) is 5.57 Å². The van der Waals surface area contributed by atoms with Gasteiger partial charge in [0.2, 0.25) is 0 Å². The molecule has 0 unspecified atom stereocenters. The minimum absolute atomic E-state index is 0.0610. The van der Waals surface area contributed by atoms with Crippen molar-refractivity contribution in [3.05, 3.63) is 11.6 Å². The van der Waals surface area contributed by atoms with Gasteiger partial charge in [-0.05, 0) is 81.4 Å². The molecular formula is C21H34O3. The first kappa shape index (κ1) is 12.9. The van der Waals surface area contributed by atoms with Crippen LogP contribution >= 0.6 is 0 Å². The zero-order chi connectivity index (χ0) is 20.8. The summed E-state index contributed by atoms with van der Waals surface area (Å²) in [6, 6.07) is 0. The van der Waals surface area contributed by atoms with Gasteiger partial charge >= 0.3 is 0 Å². The highest BCUT2D eigenvalue weighted by Gasteiger charge is 2.64. The third-order valence-electron chi connectivity index (χ3n) is 8.62. The van der Waals surface area contributed by atoms with Crippen LogP contribution < -0.4 is 0 Å². The van der Waals surface area contributed by atoms with Crippen molar-refractivity contribution in [2.75, 3.05) is 0 Å². The molecule has 0 radical (unpaired) electrons. The summed E-state index contributed by atoms with van der Waals surface area (Å²) in [5, 5.41) is 32.3. The molecule has 0 amide bonds. The van der Waals surface area contributed by atoms with Gasteiger partial charge in [-0.15, -0.1) is 0 Å². The highest BCUT2D eigenvalue weighted by Crippen LogP contribution is 2.67. The van der Waals surface area contributed by atoms with Crippen LogP contribution in [0.2, 0.25) is 0 Å². The Balaban J connectivity index is 1.70. The van der Waals surface area contributed by atoms with E-state index in [1.807, 2.05) is 6.92 Å². The summed E-state index contributed by atoms with van der Waals surface area (Å²) < 4.78 is 31.3. The van der Waals surface area contributed by atoms with Crippen molar-refractivity contribution >= 4 is 0 Å². The molecule has 3 nitrogen and oxygen atoms in total. The number of allylic oxidation sites excluding steroid dienone is 1. The standard InChI is InChI=1S/C21H34O3/c1-13(22)21(24)11-8-18-16-5-4-14-12-15(23)6-9-19(14,2)17(16)7-10-20(18,21)3/h4,13,15-18,22-24H,5-12H2,1-3H3/t13-,15-,16+,17-,18-,19-,20-,21-/m0/s1/i1D3,13D. The Kier molecular flexibility index (Phi) is 2.85. The minimum Gasteiger partial charge on any atom is -0.393 e. The molecule has 3 fully saturated rings. The summed E-state index contributed by atoms with van der Waals surface area (Å²) in [4.78, 5) is 0. The third-order valence-corrected chi connectivity index (χ3v) is 8.62. The second kappa shape index (κ2) is 5.31. The maximum absolute atomic E-state index is 11.5. The van der Waals surface area contributed by atoms with Gasteiger partial charge in [0.1, 0.15) is 0 Å². The van der Waals surface area contributed by atoms with Gasteiger partial charge in [0, 0.05) is 9.53 Å². The zero-order valence-corrected chi connectivity index (χ0v) is 14.9. The predicted octanol–water partition coefficient (Wildman–Crippen LogP) is 3.42. The van der Waals surface area contributed by atoms with Gasteiger partial charge in [-0.1, -0.05) is 25.5 Å². The molecule has 4 rings (SSSR count). The van der Waals surface area contributed by atoms with Crippen LogP contribution in [0, 0.1) is 28.6 Å². The van der Waals surface area contributed by atoms with Crippen molar-refractivity contribution in [2.45, 2.75) is 89.9 Å². The van der Waals surface area contributed by atoms with E-state index in [1.54, 1.807) is 0 Å². The molecule has 4 aliphatic rings. The highest BCUT2D eigenvalue weighted by atomic mass is 16.3.